The standard InChI is InChI=1S/C19H32N2O5/c1-5-6-12-24-15-13-14-16(22)20(17(23)25-18(2,3)4)19(21(14)26-15)10-8-7-9-11-19/h14-15H,5-13H2,1-4H3/t14-,15-/m1/s1. The molecular weight excluding hydrogens is 336 g/mol. The van der Waals surface area contributed by atoms with E-state index in [-0.39, 0.29) is 5.91 Å². The summed E-state index contributed by atoms with van der Waals surface area (Å²) >= 11 is 0. The van der Waals surface area contributed by atoms with Crippen molar-refractivity contribution >= 4 is 12.0 Å². The molecule has 0 aromatic rings. The van der Waals surface area contributed by atoms with Crippen LogP contribution in [0.25, 0.3) is 0 Å². The number of carbonyl (C=O) groups excluding carboxylic acids is 2. The topological polar surface area (TPSA) is 68.3 Å². The van der Waals surface area contributed by atoms with E-state index >= 15 is 0 Å². The maximum Gasteiger partial charge on any atom is 0.418 e. The first-order chi connectivity index (χ1) is 12.3. The van der Waals surface area contributed by atoms with Crippen LogP contribution in [-0.2, 0) is 19.1 Å². The highest BCUT2D eigenvalue weighted by Gasteiger charge is 2.64. The Bertz CT molecular complexity index is 539. The Morgan fingerprint density at radius 3 is 2.58 bits per heavy atom. The summed E-state index contributed by atoms with van der Waals surface area (Å²) < 4.78 is 11.3. The maximum atomic E-state index is 13.1. The number of amides is 2. The molecule has 1 saturated carbocycles. The fourth-order valence-electron chi connectivity index (χ4n) is 4.15. The molecule has 2 amide bonds. The van der Waals surface area contributed by atoms with Crippen molar-refractivity contribution in [3.8, 4) is 0 Å². The van der Waals surface area contributed by atoms with Crippen molar-refractivity contribution < 1.29 is 23.9 Å². The van der Waals surface area contributed by atoms with Gasteiger partial charge < -0.3 is 9.47 Å². The number of fused-ring (bicyclic) bond motifs is 2. The van der Waals surface area contributed by atoms with Crippen molar-refractivity contribution in [1.82, 2.24) is 9.96 Å². The molecule has 1 spiro atoms. The molecule has 3 fully saturated rings. The molecule has 0 aromatic heterocycles. The van der Waals surface area contributed by atoms with Gasteiger partial charge in [-0.25, -0.2) is 9.69 Å². The van der Waals surface area contributed by atoms with Crippen LogP contribution in [0.2, 0.25) is 0 Å². The molecule has 26 heavy (non-hydrogen) atoms. The number of unbranched alkanes of at least 4 members (excludes halogenated alkanes) is 1. The fourth-order valence-corrected chi connectivity index (χ4v) is 4.15. The first kappa shape index (κ1) is 19.6. The predicted octanol–water partition coefficient (Wildman–Crippen LogP) is 3.57. The number of rotatable bonds is 4. The molecule has 2 aliphatic heterocycles. The number of carbonyl (C=O) groups is 2. The normalized spacial score (nSPS) is 28.6. The van der Waals surface area contributed by atoms with E-state index in [9.17, 15) is 9.59 Å². The Labute approximate surface area is 155 Å². The van der Waals surface area contributed by atoms with Crippen molar-refractivity contribution in [2.24, 2.45) is 0 Å². The van der Waals surface area contributed by atoms with Crippen LogP contribution in [0.15, 0.2) is 0 Å². The lowest BCUT2D eigenvalue weighted by molar-refractivity contribution is -0.288. The minimum atomic E-state index is -0.731. The SMILES string of the molecule is CCCCO[C@H]1C[C@@H]2C(=O)N(C(=O)OC(C)(C)C)C3(CCCCC3)N2O1. The zero-order chi connectivity index (χ0) is 18.9. The van der Waals surface area contributed by atoms with E-state index < -0.39 is 29.7 Å². The minimum Gasteiger partial charge on any atom is -0.443 e. The van der Waals surface area contributed by atoms with Crippen LogP contribution in [0.1, 0.15) is 79.1 Å². The molecule has 0 radical (unpaired) electrons. The second-order valence-electron chi connectivity index (χ2n) is 8.53. The molecule has 0 unspecified atom stereocenters. The first-order valence-electron chi connectivity index (χ1n) is 9.93. The summed E-state index contributed by atoms with van der Waals surface area (Å²) in [5.74, 6) is -0.220. The molecule has 148 valence electrons. The summed E-state index contributed by atoms with van der Waals surface area (Å²) in [5.41, 5.74) is -1.38. The van der Waals surface area contributed by atoms with E-state index in [1.165, 1.54) is 4.90 Å². The molecule has 3 aliphatic rings. The minimum absolute atomic E-state index is 0.220. The van der Waals surface area contributed by atoms with Crippen molar-refractivity contribution in [2.45, 2.75) is 103 Å². The van der Waals surface area contributed by atoms with Gasteiger partial charge in [-0.1, -0.05) is 19.8 Å². The van der Waals surface area contributed by atoms with Gasteiger partial charge >= 0.3 is 6.09 Å². The lowest BCUT2D eigenvalue weighted by Gasteiger charge is -2.43. The third-order valence-corrected chi connectivity index (χ3v) is 5.29. The van der Waals surface area contributed by atoms with Gasteiger partial charge in [0.15, 0.2) is 6.29 Å². The highest BCUT2D eigenvalue weighted by Crippen LogP contribution is 2.48. The molecule has 0 bridgehead atoms. The van der Waals surface area contributed by atoms with Crippen LogP contribution in [0, 0.1) is 0 Å². The molecule has 3 rings (SSSR count). The van der Waals surface area contributed by atoms with Gasteiger partial charge in [-0.2, -0.15) is 0 Å². The van der Waals surface area contributed by atoms with Crippen LogP contribution in [0.3, 0.4) is 0 Å². The summed E-state index contributed by atoms with van der Waals surface area (Å²) in [5, 5.41) is 1.76. The van der Waals surface area contributed by atoms with E-state index in [1.54, 1.807) is 5.06 Å². The molecule has 0 N–H and O–H groups in total. The molecule has 7 heteroatoms. The zero-order valence-electron chi connectivity index (χ0n) is 16.5. The lowest BCUT2D eigenvalue weighted by atomic mass is 9.88. The number of hydrogen-bond donors (Lipinski definition) is 0. The summed E-state index contributed by atoms with van der Waals surface area (Å²) in [6.45, 7) is 8.17. The Morgan fingerprint density at radius 2 is 1.96 bits per heavy atom. The maximum absolute atomic E-state index is 13.1. The predicted molar refractivity (Wildman–Crippen MR) is 94.9 cm³/mol. The van der Waals surface area contributed by atoms with Crippen LogP contribution < -0.4 is 0 Å². The largest absolute Gasteiger partial charge is 0.443 e. The highest BCUT2D eigenvalue weighted by atomic mass is 16.8. The Balaban J connectivity index is 1.80. The van der Waals surface area contributed by atoms with Crippen molar-refractivity contribution in [3.05, 3.63) is 0 Å². The number of nitrogens with zero attached hydrogens (tertiary/aromatic N) is 2. The summed E-state index contributed by atoms with van der Waals surface area (Å²) in [6, 6.07) is -0.466. The van der Waals surface area contributed by atoms with Crippen molar-refractivity contribution in [3.63, 3.8) is 0 Å². The van der Waals surface area contributed by atoms with E-state index in [4.69, 9.17) is 14.3 Å². The number of hydroxylamine groups is 2. The summed E-state index contributed by atoms with van der Waals surface area (Å²) in [7, 11) is 0. The number of ether oxygens (including phenoxy) is 2. The molecule has 0 aromatic carbocycles. The van der Waals surface area contributed by atoms with Gasteiger partial charge in [-0.15, -0.1) is 5.06 Å². The first-order valence-corrected chi connectivity index (χ1v) is 9.93. The summed E-state index contributed by atoms with van der Waals surface area (Å²) in [6.07, 6.45) is 5.97. The van der Waals surface area contributed by atoms with E-state index in [1.807, 2.05) is 20.8 Å². The molecule has 7 nitrogen and oxygen atoms in total. The second kappa shape index (κ2) is 7.44. The Morgan fingerprint density at radius 1 is 1.27 bits per heavy atom. The van der Waals surface area contributed by atoms with E-state index in [2.05, 4.69) is 6.92 Å². The summed E-state index contributed by atoms with van der Waals surface area (Å²) in [4.78, 5) is 33.3. The van der Waals surface area contributed by atoms with Gasteiger partial charge in [-0.05, 0) is 52.9 Å². The molecular formula is C19H32N2O5. The van der Waals surface area contributed by atoms with Crippen LogP contribution in [-0.4, -0.2) is 52.2 Å². The van der Waals surface area contributed by atoms with Gasteiger partial charge in [-0.3, -0.25) is 9.63 Å². The third-order valence-electron chi connectivity index (χ3n) is 5.29. The van der Waals surface area contributed by atoms with Gasteiger partial charge in [0.05, 0.1) is 0 Å². The monoisotopic (exact) mass is 368 g/mol. The van der Waals surface area contributed by atoms with Crippen LogP contribution >= 0.6 is 0 Å². The fraction of sp³-hybridized carbons (Fsp3) is 0.895. The van der Waals surface area contributed by atoms with Crippen LogP contribution in [0.4, 0.5) is 4.79 Å². The molecule has 1 aliphatic carbocycles. The van der Waals surface area contributed by atoms with Gasteiger partial charge in [0.2, 0.25) is 0 Å². The highest BCUT2D eigenvalue weighted by molar-refractivity contribution is 5.98. The molecule has 2 heterocycles. The third kappa shape index (κ3) is 3.62. The van der Waals surface area contributed by atoms with Crippen LogP contribution in [0.5, 0.6) is 0 Å². The van der Waals surface area contributed by atoms with E-state index in [0.29, 0.717) is 13.0 Å². The molecule has 2 atom stereocenters. The zero-order valence-corrected chi connectivity index (χ0v) is 16.5. The Kier molecular flexibility index (Phi) is 5.61. The van der Waals surface area contributed by atoms with E-state index in [0.717, 1.165) is 44.9 Å². The van der Waals surface area contributed by atoms with Crippen molar-refractivity contribution in [2.75, 3.05) is 6.61 Å². The number of imide groups is 1. The average Bonchev–Trinajstić information content (AvgIpc) is 3.06. The van der Waals surface area contributed by atoms with Gasteiger partial charge in [0, 0.05) is 13.0 Å². The quantitative estimate of drug-likeness (QED) is 0.707. The van der Waals surface area contributed by atoms with Gasteiger partial charge in [0.25, 0.3) is 5.91 Å². The van der Waals surface area contributed by atoms with Crippen molar-refractivity contribution in [1.29, 1.82) is 0 Å². The molecule has 2 saturated heterocycles. The smallest absolute Gasteiger partial charge is 0.418 e. The average molecular weight is 368 g/mol. The Hall–Kier alpha value is -1.18. The lowest BCUT2D eigenvalue weighted by Crippen LogP contribution is -2.58. The number of hydrogen-bond acceptors (Lipinski definition) is 6. The second-order valence-corrected chi connectivity index (χ2v) is 8.53. The van der Waals surface area contributed by atoms with Gasteiger partial charge in [0.1, 0.15) is 17.3 Å².